The standard InChI is InChI=1S/C22H22N4O4.C2HF3O2/c1-25-10-12-26(13-11-25)22(30)15-8-5-9-16(19(15)27)24-18-17(20(28)21(18)29)23-14-6-3-2-4-7-14;3-2(4,5)1(6)7/h2-9,23-24,27H,10-13H2,1H3;(H,6,7). The van der Waals surface area contributed by atoms with Crippen LogP contribution in [0.5, 0.6) is 5.75 Å². The van der Waals surface area contributed by atoms with E-state index in [4.69, 9.17) is 9.90 Å². The summed E-state index contributed by atoms with van der Waals surface area (Å²) < 4.78 is 31.7. The highest BCUT2D eigenvalue weighted by Gasteiger charge is 2.38. The number of hydrogen-bond acceptors (Lipinski definition) is 8. The molecule has 0 unspecified atom stereocenters. The van der Waals surface area contributed by atoms with Gasteiger partial charge in [0.1, 0.15) is 11.4 Å². The third kappa shape index (κ3) is 6.44. The van der Waals surface area contributed by atoms with Crippen molar-refractivity contribution >= 4 is 34.6 Å². The molecule has 3 aromatic rings. The summed E-state index contributed by atoms with van der Waals surface area (Å²) in [7, 11) is 2.00. The van der Waals surface area contributed by atoms with Crippen molar-refractivity contribution in [2.75, 3.05) is 43.9 Å². The van der Waals surface area contributed by atoms with E-state index in [1.807, 2.05) is 13.1 Å². The molecule has 4 N–H and O–H groups in total. The molecule has 37 heavy (non-hydrogen) atoms. The zero-order valence-electron chi connectivity index (χ0n) is 19.5. The Balaban J connectivity index is 0.000000479. The fourth-order valence-corrected chi connectivity index (χ4v) is 3.43. The Labute approximate surface area is 208 Å². The number of carbonyl (C=O) groups excluding carboxylic acids is 1. The number of piperazine rings is 1. The summed E-state index contributed by atoms with van der Waals surface area (Å²) in [6.45, 7) is 2.69. The lowest BCUT2D eigenvalue weighted by atomic mass is 10.1. The molecule has 0 atom stereocenters. The third-order valence-corrected chi connectivity index (χ3v) is 5.51. The van der Waals surface area contributed by atoms with Crippen LogP contribution in [0.3, 0.4) is 0 Å². The summed E-state index contributed by atoms with van der Waals surface area (Å²) in [6.07, 6.45) is -5.08. The van der Waals surface area contributed by atoms with Gasteiger partial charge in [0.25, 0.3) is 16.8 Å². The summed E-state index contributed by atoms with van der Waals surface area (Å²) in [5.41, 5.74) is -0.117. The third-order valence-electron chi connectivity index (χ3n) is 5.51. The molecule has 0 aromatic heterocycles. The number of likely N-dealkylation sites (N-methyl/N-ethyl adjacent to an activating group) is 1. The van der Waals surface area contributed by atoms with Crippen molar-refractivity contribution in [3.63, 3.8) is 0 Å². The predicted octanol–water partition coefficient (Wildman–Crippen LogP) is 2.50. The average Bonchev–Trinajstić information content (AvgIpc) is 2.87. The second-order valence-electron chi connectivity index (χ2n) is 8.12. The van der Waals surface area contributed by atoms with Crippen molar-refractivity contribution in [2.45, 2.75) is 6.18 Å². The zero-order valence-corrected chi connectivity index (χ0v) is 19.5. The Hall–Kier alpha value is -4.39. The van der Waals surface area contributed by atoms with Gasteiger partial charge in [-0.1, -0.05) is 24.3 Å². The summed E-state index contributed by atoms with van der Waals surface area (Å²) in [4.78, 5) is 49.7. The molecule has 1 aliphatic rings. The van der Waals surface area contributed by atoms with Crippen molar-refractivity contribution in [1.82, 2.24) is 9.80 Å². The van der Waals surface area contributed by atoms with Gasteiger partial charge in [-0.25, -0.2) is 4.79 Å². The number of amides is 1. The second-order valence-corrected chi connectivity index (χ2v) is 8.12. The monoisotopic (exact) mass is 520 g/mol. The predicted molar refractivity (Wildman–Crippen MR) is 130 cm³/mol. The highest BCUT2D eigenvalue weighted by Crippen LogP contribution is 2.33. The minimum absolute atomic E-state index is 0.0587. The van der Waals surface area contributed by atoms with Crippen molar-refractivity contribution in [1.29, 1.82) is 0 Å². The smallest absolute Gasteiger partial charge is 0.490 e. The van der Waals surface area contributed by atoms with E-state index in [1.54, 1.807) is 47.4 Å². The van der Waals surface area contributed by atoms with E-state index in [0.29, 0.717) is 18.8 Å². The first kappa shape index (κ1) is 27.2. The number of nitrogens with one attached hydrogen (secondary N) is 2. The number of carboxylic acids is 1. The van der Waals surface area contributed by atoms with Gasteiger partial charge >= 0.3 is 12.1 Å². The molecular formula is C24H23F3N4O6. The second kappa shape index (κ2) is 11.1. The zero-order chi connectivity index (χ0) is 27.3. The van der Waals surface area contributed by atoms with Crippen LogP contribution >= 0.6 is 0 Å². The number of carbonyl (C=O) groups is 2. The van der Waals surface area contributed by atoms with Crippen LogP contribution in [0.25, 0.3) is 0 Å². The minimum atomic E-state index is -5.08. The topological polar surface area (TPSA) is 139 Å². The van der Waals surface area contributed by atoms with E-state index >= 15 is 0 Å². The van der Waals surface area contributed by atoms with Gasteiger partial charge in [-0.05, 0) is 31.3 Å². The quantitative estimate of drug-likeness (QED) is 0.295. The van der Waals surface area contributed by atoms with Crippen LogP contribution in [0, 0.1) is 0 Å². The van der Waals surface area contributed by atoms with Gasteiger partial charge in [0.05, 0.1) is 11.3 Å². The Morgan fingerprint density at radius 1 is 0.865 bits per heavy atom. The Morgan fingerprint density at radius 3 is 1.95 bits per heavy atom. The van der Waals surface area contributed by atoms with Crippen molar-refractivity contribution in [3.8, 4) is 5.75 Å². The molecule has 1 saturated heterocycles. The van der Waals surface area contributed by atoms with E-state index in [-0.39, 0.29) is 34.3 Å². The Kier molecular flexibility index (Phi) is 8.17. The molecule has 13 heteroatoms. The number of nitrogens with zero attached hydrogens (tertiary/aromatic N) is 2. The van der Waals surface area contributed by atoms with Gasteiger partial charge in [-0.15, -0.1) is 0 Å². The molecule has 1 heterocycles. The van der Waals surface area contributed by atoms with Gasteiger partial charge in [0.15, 0.2) is 5.75 Å². The molecule has 0 radical (unpaired) electrons. The average molecular weight is 520 g/mol. The van der Waals surface area contributed by atoms with Crippen LogP contribution in [0.15, 0.2) is 58.1 Å². The molecule has 3 aromatic carbocycles. The lowest BCUT2D eigenvalue weighted by Gasteiger charge is -2.32. The summed E-state index contributed by atoms with van der Waals surface area (Å²) in [6, 6.07) is 13.7. The van der Waals surface area contributed by atoms with Gasteiger partial charge in [0.2, 0.25) is 0 Å². The van der Waals surface area contributed by atoms with E-state index in [9.17, 15) is 32.7 Å². The lowest BCUT2D eigenvalue weighted by molar-refractivity contribution is -0.192. The maximum absolute atomic E-state index is 12.8. The Morgan fingerprint density at radius 2 is 1.41 bits per heavy atom. The molecule has 0 aliphatic carbocycles. The minimum Gasteiger partial charge on any atom is -0.505 e. The van der Waals surface area contributed by atoms with Crippen LogP contribution in [0.2, 0.25) is 0 Å². The molecule has 10 nitrogen and oxygen atoms in total. The SMILES string of the molecule is CN1CCN(C(=O)c2cccc(Nc3c(Nc4ccccc4)c(=O)c3=O)c2O)CC1.O=C(O)C(F)(F)F. The number of aromatic hydroxyl groups is 1. The van der Waals surface area contributed by atoms with Gasteiger partial charge in [-0.2, -0.15) is 13.2 Å². The van der Waals surface area contributed by atoms with Crippen LogP contribution < -0.4 is 21.5 Å². The summed E-state index contributed by atoms with van der Waals surface area (Å²) in [5.74, 6) is -3.27. The number of aliphatic carboxylic acids is 1. The molecule has 4 rings (SSSR count). The maximum Gasteiger partial charge on any atom is 0.490 e. The van der Waals surface area contributed by atoms with Crippen molar-refractivity contribution in [3.05, 3.63) is 74.5 Å². The normalized spacial score (nSPS) is 14.0. The first-order chi connectivity index (χ1) is 17.4. The lowest BCUT2D eigenvalue weighted by Crippen LogP contribution is -2.47. The molecule has 196 valence electrons. The summed E-state index contributed by atoms with van der Waals surface area (Å²) >= 11 is 0. The number of alkyl halides is 3. The Bertz CT molecular complexity index is 1350. The molecular weight excluding hydrogens is 497 g/mol. The fraction of sp³-hybridized carbons (Fsp3) is 0.250. The number of phenols is 1. The number of para-hydroxylation sites is 2. The van der Waals surface area contributed by atoms with Crippen molar-refractivity contribution in [2.24, 2.45) is 0 Å². The van der Waals surface area contributed by atoms with Crippen LogP contribution in [0.1, 0.15) is 10.4 Å². The van der Waals surface area contributed by atoms with Crippen molar-refractivity contribution < 1.29 is 33.0 Å². The number of benzene rings is 2. The van der Waals surface area contributed by atoms with E-state index in [2.05, 4.69) is 15.5 Å². The number of anilines is 4. The molecule has 1 fully saturated rings. The number of phenolic OH excluding ortho intramolecular Hbond substituents is 1. The molecule has 0 saturated carbocycles. The van der Waals surface area contributed by atoms with Gasteiger partial charge in [0, 0.05) is 31.9 Å². The van der Waals surface area contributed by atoms with Crippen LogP contribution in [-0.2, 0) is 4.79 Å². The highest BCUT2D eigenvalue weighted by molar-refractivity contribution is 5.99. The molecule has 1 amide bonds. The molecule has 0 spiro atoms. The first-order valence-electron chi connectivity index (χ1n) is 10.9. The highest BCUT2D eigenvalue weighted by atomic mass is 19.4. The number of carboxylic acid groups (broad SMARTS) is 1. The van der Waals surface area contributed by atoms with E-state index < -0.39 is 23.0 Å². The van der Waals surface area contributed by atoms with Crippen LogP contribution in [-0.4, -0.2) is 71.3 Å². The maximum atomic E-state index is 12.8. The summed E-state index contributed by atoms with van der Waals surface area (Å²) in [5, 5.41) is 23.6. The fourth-order valence-electron chi connectivity index (χ4n) is 3.43. The number of halogens is 3. The molecule has 0 bridgehead atoms. The van der Waals surface area contributed by atoms with Gasteiger partial charge in [-0.3, -0.25) is 14.4 Å². The largest absolute Gasteiger partial charge is 0.505 e. The molecule has 1 aliphatic heterocycles. The van der Waals surface area contributed by atoms with E-state index in [1.165, 1.54) is 0 Å². The van der Waals surface area contributed by atoms with Crippen LogP contribution in [0.4, 0.5) is 35.9 Å². The van der Waals surface area contributed by atoms with Gasteiger partial charge < -0.3 is 30.6 Å². The number of rotatable bonds is 5. The van der Waals surface area contributed by atoms with E-state index in [0.717, 1.165) is 13.1 Å². The number of hydrogen-bond donors (Lipinski definition) is 4. The first-order valence-corrected chi connectivity index (χ1v) is 10.9.